The molecule has 0 saturated carbocycles. The Kier molecular flexibility index (Phi) is 6.42. The molecule has 3 unspecified atom stereocenters. The van der Waals surface area contributed by atoms with E-state index in [0.29, 0.717) is 12.2 Å². The summed E-state index contributed by atoms with van der Waals surface area (Å²) in [5, 5.41) is 10.0. The molecule has 0 spiro atoms. The molecular formula is C22H30O7. The van der Waals surface area contributed by atoms with Crippen molar-refractivity contribution in [2.24, 2.45) is 16.2 Å². The molecule has 3 atom stereocenters. The van der Waals surface area contributed by atoms with E-state index in [2.05, 4.69) is 0 Å². The Balaban J connectivity index is 2.70. The van der Waals surface area contributed by atoms with Crippen LogP contribution in [0.25, 0.3) is 0 Å². The molecule has 2 rings (SSSR count). The fraction of sp³-hybridized carbons (Fsp3) is 0.591. The first-order valence-corrected chi connectivity index (χ1v) is 9.56. The summed E-state index contributed by atoms with van der Waals surface area (Å²) in [5.74, 6) is -3.25. The third-order valence-electron chi connectivity index (χ3n) is 6.20. The Morgan fingerprint density at radius 1 is 1.10 bits per heavy atom. The van der Waals surface area contributed by atoms with Crippen molar-refractivity contribution in [3.63, 3.8) is 0 Å². The maximum absolute atomic E-state index is 13.5. The smallest absolute Gasteiger partial charge is 0.313 e. The van der Waals surface area contributed by atoms with Gasteiger partial charge in [-0.1, -0.05) is 30.3 Å². The lowest BCUT2D eigenvalue weighted by molar-refractivity contribution is -0.184. The SMILES string of the molecule is COC(=O)C(C)(C)C(C)(C(=O)OCC1CO1)C(c1ccccc1)C(C)(C)C(=O)O. The van der Waals surface area contributed by atoms with Gasteiger partial charge in [0.25, 0.3) is 0 Å². The molecule has 1 heterocycles. The van der Waals surface area contributed by atoms with Crippen LogP contribution in [0.15, 0.2) is 30.3 Å². The largest absolute Gasteiger partial charge is 0.481 e. The van der Waals surface area contributed by atoms with Gasteiger partial charge in [-0.2, -0.15) is 0 Å². The van der Waals surface area contributed by atoms with Gasteiger partial charge in [0.15, 0.2) is 0 Å². The minimum Gasteiger partial charge on any atom is -0.481 e. The summed E-state index contributed by atoms with van der Waals surface area (Å²) >= 11 is 0. The highest BCUT2D eigenvalue weighted by Gasteiger charge is 2.63. The first kappa shape index (κ1) is 22.9. The molecular weight excluding hydrogens is 376 g/mol. The number of benzene rings is 1. The number of ether oxygens (including phenoxy) is 3. The van der Waals surface area contributed by atoms with Gasteiger partial charge in [-0.25, -0.2) is 0 Å². The van der Waals surface area contributed by atoms with Crippen LogP contribution in [0, 0.1) is 16.2 Å². The average molecular weight is 406 g/mol. The Morgan fingerprint density at radius 2 is 1.66 bits per heavy atom. The van der Waals surface area contributed by atoms with Gasteiger partial charge in [-0.15, -0.1) is 0 Å². The van der Waals surface area contributed by atoms with Crippen molar-refractivity contribution < 1.29 is 33.7 Å². The van der Waals surface area contributed by atoms with E-state index in [0.717, 1.165) is 0 Å². The van der Waals surface area contributed by atoms with E-state index in [-0.39, 0.29) is 12.7 Å². The zero-order valence-corrected chi connectivity index (χ0v) is 17.9. The van der Waals surface area contributed by atoms with Crippen molar-refractivity contribution >= 4 is 17.9 Å². The second-order valence-electron chi connectivity index (χ2n) is 8.74. The molecule has 1 saturated heterocycles. The van der Waals surface area contributed by atoms with Gasteiger partial charge in [-0.3, -0.25) is 14.4 Å². The number of carboxylic acid groups (broad SMARTS) is 1. The predicted octanol–water partition coefficient (Wildman–Crippen LogP) is 3.03. The van der Waals surface area contributed by atoms with Crippen molar-refractivity contribution in [3.05, 3.63) is 35.9 Å². The van der Waals surface area contributed by atoms with Gasteiger partial charge >= 0.3 is 17.9 Å². The van der Waals surface area contributed by atoms with Gasteiger partial charge in [0, 0.05) is 5.92 Å². The zero-order chi connectivity index (χ0) is 22.0. The van der Waals surface area contributed by atoms with Crippen LogP contribution in [-0.2, 0) is 28.6 Å². The summed E-state index contributed by atoms with van der Waals surface area (Å²) in [6, 6.07) is 8.88. The highest BCUT2D eigenvalue weighted by molar-refractivity contribution is 5.90. The topological polar surface area (TPSA) is 102 Å². The molecule has 7 heteroatoms. The number of epoxide rings is 1. The number of methoxy groups -OCH3 is 1. The summed E-state index contributed by atoms with van der Waals surface area (Å²) in [5.41, 5.74) is -3.69. The number of aliphatic carboxylic acids is 1. The van der Waals surface area contributed by atoms with E-state index in [1.807, 2.05) is 0 Å². The number of carboxylic acids is 1. The van der Waals surface area contributed by atoms with Crippen molar-refractivity contribution in [2.75, 3.05) is 20.3 Å². The number of carbonyl (C=O) groups is 3. The summed E-state index contributed by atoms with van der Waals surface area (Å²) < 4.78 is 15.6. The van der Waals surface area contributed by atoms with E-state index in [1.54, 1.807) is 65.0 Å². The molecule has 1 aliphatic rings. The van der Waals surface area contributed by atoms with Gasteiger partial charge in [0.1, 0.15) is 12.7 Å². The van der Waals surface area contributed by atoms with Crippen LogP contribution in [0.3, 0.4) is 0 Å². The number of carbonyl (C=O) groups excluding carboxylic acids is 2. The molecule has 29 heavy (non-hydrogen) atoms. The molecule has 1 aliphatic heterocycles. The number of hydrogen-bond acceptors (Lipinski definition) is 6. The highest BCUT2D eigenvalue weighted by atomic mass is 16.6. The van der Waals surface area contributed by atoms with Crippen molar-refractivity contribution in [1.82, 2.24) is 0 Å². The van der Waals surface area contributed by atoms with Crippen molar-refractivity contribution in [3.8, 4) is 0 Å². The van der Waals surface area contributed by atoms with Crippen LogP contribution in [0.4, 0.5) is 0 Å². The third-order valence-corrected chi connectivity index (χ3v) is 6.20. The van der Waals surface area contributed by atoms with E-state index in [1.165, 1.54) is 7.11 Å². The lowest BCUT2D eigenvalue weighted by Crippen LogP contribution is -2.56. The van der Waals surface area contributed by atoms with Gasteiger partial charge in [-0.05, 0) is 40.2 Å². The lowest BCUT2D eigenvalue weighted by Gasteiger charge is -2.49. The van der Waals surface area contributed by atoms with Gasteiger partial charge < -0.3 is 19.3 Å². The maximum atomic E-state index is 13.5. The van der Waals surface area contributed by atoms with Crippen LogP contribution in [-0.4, -0.2) is 49.4 Å². The third kappa shape index (κ3) is 4.15. The van der Waals surface area contributed by atoms with E-state index in [4.69, 9.17) is 14.2 Å². The highest BCUT2D eigenvalue weighted by Crippen LogP contribution is 2.57. The lowest BCUT2D eigenvalue weighted by atomic mass is 9.52. The Bertz CT molecular complexity index is 765. The number of hydrogen-bond donors (Lipinski definition) is 1. The number of rotatable bonds is 9. The minimum atomic E-state index is -1.54. The first-order chi connectivity index (χ1) is 13.4. The molecule has 1 fully saturated rings. The van der Waals surface area contributed by atoms with Crippen molar-refractivity contribution in [1.29, 1.82) is 0 Å². The molecule has 0 aliphatic carbocycles. The van der Waals surface area contributed by atoms with Gasteiger partial charge in [0.2, 0.25) is 0 Å². The second kappa shape index (κ2) is 8.14. The van der Waals surface area contributed by atoms with E-state index in [9.17, 15) is 19.5 Å². The molecule has 0 aromatic heterocycles. The molecule has 1 N–H and O–H groups in total. The minimum absolute atomic E-state index is 0.0562. The standard InChI is InChI=1S/C22H30O7/c1-20(2,17(23)24)16(14-10-8-7-9-11-14)22(5,21(3,4)18(25)27-6)19(26)29-13-15-12-28-15/h7-11,15-16H,12-13H2,1-6H3,(H,23,24). The quantitative estimate of drug-likeness (QED) is 0.497. The molecule has 1 aromatic carbocycles. The predicted molar refractivity (Wildman–Crippen MR) is 105 cm³/mol. The monoisotopic (exact) mass is 406 g/mol. The Labute approximate surface area is 171 Å². The molecule has 0 amide bonds. The summed E-state index contributed by atoms with van der Waals surface area (Å²) in [4.78, 5) is 38.5. The molecule has 160 valence electrons. The fourth-order valence-electron chi connectivity index (χ4n) is 3.92. The first-order valence-electron chi connectivity index (χ1n) is 9.56. The zero-order valence-electron chi connectivity index (χ0n) is 17.9. The second-order valence-corrected chi connectivity index (χ2v) is 8.74. The average Bonchev–Trinajstić information content (AvgIpc) is 3.50. The summed E-state index contributed by atoms with van der Waals surface area (Å²) in [7, 11) is 1.24. The van der Waals surface area contributed by atoms with Crippen LogP contribution in [0.1, 0.15) is 46.1 Å². The number of esters is 2. The molecule has 7 nitrogen and oxygen atoms in total. The normalized spacial score (nSPS) is 19.6. The van der Waals surface area contributed by atoms with Crippen LogP contribution in [0.5, 0.6) is 0 Å². The Morgan fingerprint density at radius 3 is 2.10 bits per heavy atom. The van der Waals surface area contributed by atoms with Crippen LogP contribution >= 0.6 is 0 Å². The summed E-state index contributed by atoms with van der Waals surface area (Å²) in [6.07, 6.45) is -0.160. The Hall–Kier alpha value is -2.41. The van der Waals surface area contributed by atoms with Crippen LogP contribution in [0.2, 0.25) is 0 Å². The molecule has 1 aromatic rings. The van der Waals surface area contributed by atoms with Gasteiger partial charge in [0.05, 0.1) is 30.0 Å². The van der Waals surface area contributed by atoms with Crippen LogP contribution < -0.4 is 0 Å². The van der Waals surface area contributed by atoms with Crippen molar-refractivity contribution in [2.45, 2.75) is 46.6 Å². The van der Waals surface area contributed by atoms with E-state index >= 15 is 0 Å². The molecule has 0 radical (unpaired) electrons. The fourth-order valence-corrected chi connectivity index (χ4v) is 3.92. The van der Waals surface area contributed by atoms with E-state index < -0.39 is 40.1 Å². The summed E-state index contributed by atoms with van der Waals surface area (Å²) in [6.45, 7) is 8.42. The molecule has 0 bridgehead atoms. The maximum Gasteiger partial charge on any atom is 0.313 e.